The van der Waals surface area contributed by atoms with Gasteiger partial charge in [-0.25, -0.2) is 0 Å². The highest BCUT2D eigenvalue weighted by atomic mass is 35.5. The summed E-state index contributed by atoms with van der Waals surface area (Å²) in [5, 5.41) is 0.788. The van der Waals surface area contributed by atoms with Crippen molar-refractivity contribution >= 4 is 17.8 Å². The Labute approximate surface area is 120 Å². The van der Waals surface area contributed by atoms with Crippen LogP contribution < -0.4 is 0 Å². The Bertz CT molecular complexity index is 460. The number of halogens is 1. The highest BCUT2D eigenvalue weighted by Crippen LogP contribution is 2.31. The minimum atomic E-state index is 0.371. The summed E-state index contributed by atoms with van der Waals surface area (Å²) in [6.07, 6.45) is 7.55. The molecule has 0 fully saturated rings. The average molecular weight is 277 g/mol. The lowest BCUT2D eigenvalue weighted by molar-refractivity contribution is 0.389. The minimum Gasteiger partial charge on any atom is -0.309 e. The zero-order chi connectivity index (χ0) is 13.7. The van der Waals surface area contributed by atoms with E-state index >= 15 is 0 Å². The van der Waals surface area contributed by atoms with E-state index in [0.717, 1.165) is 30.8 Å². The number of allylic oxidation sites excluding steroid dienone is 2. The Morgan fingerprint density at radius 3 is 2.53 bits per heavy atom. The number of hydrogen-bond donors (Lipinski definition) is 0. The lowest BCUT2D eigenvalue weighted by atomic mass is 9.91. The molecule has 0 saturated carbocycles. The summed E-state index contributed by atoms with van der Waals surface area (Å²) in [7, 11) is 4.22. The molecule has 0 N–H and O–H groups in total. The van der Waals surface area contributed by atoms with E-state index < -0.39 is 0 Å². The first-order chi connectivity index (χ1) is 9.16. The molecule has 2 rings (SSSR count). The summed E-state index contributed by atoms with van der Waals surface area (Å²) in [6.45, 7) is 1.06. The Morgan fingerprint density at radius 1 is 1.21 bits per heavy atom. The Kier molecular flexibility index (Phi) is 5.17. The Morgan fingerprint density at radius 2 is 1.95 bits per heavy atom. The van der Waals surface area contributed by atoms with Crippen LogP contribution in [0.15, 0.2) is 41.0 Å². The van der Waals surface area contributed by atoms with Crippen LogP contribution in [0.5, 0.6) is 0 Å². The SMILES string of the molecule is CN(C)CCC(C1=CCCC=N1)c1ccc(Cl)cc1. The van der Waals surface area contributed by atoms with Gasteiger partial charge in [-0.3, -0.25) is 4.99 Å². The van der Waals surface area contributed by atoms with Crippen molar-refractivity contribution in [1.82, 2.24) is 4.90 Å². The predicted molar refractivity (Wildman–Crippen MR) is 83.2 cm³/mol. The topological polar surface area (TPSA) is 15.6 Å². The summed E-state index contributed by atoms with van der Waals surface area (Å²) < 4.78 is 0. The van der Waals surface area contributed by atoms with Gasteiger partial charge in [-0.1, -0.05) is 29.8 Å². The van der Waals surface area contributed by atoms with Crippen LogP contribution in [0.25, 0.3) is 0 Å². The molecule has 1 atom stereocenters. The van der Waals surface area contributed by atoms with Gasteiger partial charge in [-0.15, -0.1) is 0 Å². The molecule has 102 valence electrons. The molecule has 1 heterocycles. The van der Waals surface area contributed by atoms with Gasteiger partial charge in [-0.2, -0.15) is 0 Å². The third kappa shape index (κ3) is 4.19. The first-order valence-corrected chi connectivity index (χ1v) is 7.17. The first kappa shape index (κ1) is 14.3. The molecule has 1 aliphatic rings. The van der Waals surface area contributed by atoms with E-state index in [4.69, 9.17) is 11.6 Å². The number of benzene rings is 1. The summed E-state index contributed by atoms with van der Waals surface area (Å²) in [6, 6.07) is 8.17. The second kappa shape index (κ2) is 6.88. The summed E-state index contributed by atoms with van der Waals surface area (Å²) in [4.78, 5) is 6.81. The average Bonchev–Trinajstić information content (AvgIpc) is 2.42. The first-order valence-electron chi connectivity index (χ1n) is 6.79. The molecule has 0 aliphatic carbocycles. The fraction of sp³-hybridized carbons (Fsp3) is 0.438. The van der Waals surface area contributed by atoms with E-state index in [-0.39, 0.29) is 0 Å². The van der Waals surface area contributed by atoms with Crippen molar-refractivity contribution in [2.75, 3.05) is 20.6 Å². The van der Waals surface area contributed by atoms with Crippen LogP contribution in [-0.2, 0) is 0 Å². The lowest BCUT2D eigenvalue weighted by Crippen LogP contribution is -2.17. The minimum absolute atomic E-state index is 0.371. The van der Waals surface area contributed by atoms with Gasteiger partial charge in [0, 0.05) is 22.9 Å². The fourth-order valence-corrected chi connectivity index (χ4v) is 2.45. The van der Waals surface area contributed by atoms with Crippen molar-refractivity contribution in [2.24, 2.45) is 4.99 Å². The van der Waals surface area contributed by atoms with Gasteiger partial charge in [0.15, 0.2) is 0 Å². The fourth-order valence-electron chi connectivity index (χ4n) is 2.33. The molecule has 1 unspecified atom stereocenters. The summed E-state index contributed by atoms with van der Waals surface area (Å²) >= 11 is 5.98. The number of nitrogens with zero attached hydrogens (tertiary/aromatic N) is 2. The highest BCUT2D eigenvalue weighted by molar-refractivity contribution is 6.30. The van der Waals surface area contributed by atoms with E-state index in [1.54, 1.807) is 0 Å². The third-order valence-electron chi connectivity index (χ3n) is 3.38. The molecule has 0 saturated heterocycles. The predicted octanol–water partition coefficient (Wildman–Crippen LogP) is 4.12. The van der Waals surface area contributed by atoms with Gasteiger partial charge < -0.3 is 4.90 Å². The van der Waals surface area contributed by atoms with E-state index in [1.165, 1.54) is 11.3 Å². The van der Waals surface area contributed by atoms with Crippen molar-refractivity contribution in [3.8, 4) is 0 Å². The van der Waals surface area contributed by atoms with Crippen LogP contribution >= 0.6 is 11.6 Å². The van der Waals surface area contributed by atoms with E-state index in [9.17, 15) is 0 Å². The van der Waals surface area contributed by atoms with Gasteiger partial charge in [0.25, 0.3) is 0 Å². The molecule has 0 spiro atoms. The normalized spacial score (nSPS) is 16.5. The zero-order valence-corrected chi connectivity index (χ0v) is 12.4. The standard InChI is InChI=1S/C16H21ClN2/c1-19(2)12-10-15(16-5-3-4-11-18-16)13-6-8-14(17)9-7-13/h5-9,11,15H,3-4,10,12H2,1-2H3. The van der Waals surface area contributed by atoms with E-state index in [0.29, 0.717) is 5.92 Å². The molecule has 3 heteroatoms. The van der Waals surface area contributed by atoms with Crippen LogP contribution in [0, 0.1) is 0 Å². The van der Waals surface area contributed by atoms with Crippen molar-refractivity contribution in [3.63, 3.8) is 0 Å². The quantitative estimate of drug-likeness (QED) is 0.790. The van der Waals surface area contributed by atoms with Gasteiger partial charge in [0.1, 0.15) is 0 Å². The van der Waals surface area contributed by atoms with Gasteiger partial charge in [0.05, 0.1) is 0 Å². The van der Waals surface area contributed by atoms with Crippen LogP contribution in [0.2, 0.25) is 5.02 Å². The molecule has 0 bridgehead atoms. The molecule has 1 aromatic rings. The molecular formula is C16H21ClN2. The van der Waals surface area contributed by atoms with Crippen LogP contribution in [-0.4, -0.2) is 31.8 Å². The number of hydrogen-bond acceptors (Lipinski definition) is 2. The van der Waals surface area contributed by atoms with Gasteiger partial charge in [-0.05, 0) is 57.6 Å². The molecular weight excluding hydrogens is 256 g/mol. The monoisotopic (exact) mass is 276 g/mol. The second-order valence-corrected chi connectivity index (χ2v) is 5.65. The molecule has 1 aromatic carbocycles. The van der Waals surface area contributed by atoms with E-state index in [2.05, 4.69) is 42.2 Å². The number of aliphatic imine (C=N–C) groups is 1. The summed E-state index contributed by atoms with van der Waals surface area (Å²) in [5.74, 6) is 0.371. The van der Waals surface area contributed by atoms with Crippen molar-refractivity contribution in [1.29, 1.82) is 0 Å². The lowest BCUT2D eigenvalue weighted by Gasteiger charge is -2.22. The molecule has 0 radical (unpaired) electrons. The Balaban J connectivity index is 2.20. The molecule has 19 heavy (non-hydrogen) atoms. The number of rotatable bonds is 5. The van der Waals surface area contributed by atoms with Crippen molar-refractivity contribution in [2.45, 2.75) is 25.2 Å². The maximum absolute atomic E-state index is 5.98. The van der Waals surface area contributed by atoms with Crippen molar-refractivity contribution < 1.29 is 0 Å². The van der Waals surface area contributed by atoms with Crippen LogP contribution in [0.1, 0.15) is 30.7 Å². The maximum atomic E-state index is 5.98. The van der Waals surface area contributed by atoms with Gasteiger partial charge >= 0.3 is 0 Å². The van der Waals surface area contributed by atoms with Crippen molar-refractivity contribution in [3.05, 3.63) is 46.6 Å². The van der Waals surface area contributed by atoms with Crippen LogP contribution in [0.3, 0.4) is 0 Å². The second-order valence-electron chi connectivity index (χ2n) is 5.21. The molecule has 1 aliphatic heterocycles. The molecule has 2 nitrogen and oxygen atoms in total. The molecule has 0 aromatic heterocycles. The largest absolute Gasteiger partial charge is 0.309 e. The zero-order valence-electron chi connectivity index (χ0n) is 11.6. The van der Waals surface area contributed by atoms with Gasteiger partial charge in [0.2, 0.25) is 0 Å². The van der Waals surface area contributed by atoms with Crippen LogP contribution in [0.4, 0.5) is 0 Å². The molecule has 0 amide bonds. The highest BCUT2D eigenvalue weighted by Gasteiger charge is 2.17. The smallest absolute Gasteiger partial charge is 0.0435 e. The van der Waals surface area contributed by atoms with E-state index in [1.807, 2.05) is 18.3 Å². The third-order valence-corrected chi connectivity index (χ3v) is 3.64. The Hall–Kier alpha value is -1.12. The maximum Gasteiger partial charge on any atom is 0.0435 e. The summed E-state index contributed by atoms with van der Waals surface area (Å²) in [5.41, 5.74) is 2.51.